The van der Waals surface area contributed by atoms with Crippen molar-refractivity contribution in [2.45, 2.75) is 37.7 Å². The highest BCUT2D eigenvalue weighted by molar-refractivity contribution is 7.98. The minimum absolute atomic E-state index is 0.0929. The average molecular weight is 261 g/mol. The molecule has 1 N–H and O–H groups in total. The average Bonchev–Trinajstić information content (AvgIpc) is 2.43. The molecule has 0 aliphatic rings. The van der Waals surface area contributed by atoms with Crippen LogP contribution in [0.15, 0.2) is 29.3 Å². The normalized spacial score (nSPS) is 11.1. The first-order valence-corrected chi connectivity index (χ1v) is 7.58. The van der Waals surface area contributed by atoms with Gasteiger partial charge >= 0.3 is 0 Å². The van der Waals surface area contributed by atoms with Crippen molar-refractivity contribution in [2.24, 2.45) is 0 Å². The molecule has 0 saturated heterocycles. The second kappa shape index (κ2) is 6.21. The van der Waals surface area contributed by atoms with Gasteiger partial charge in [0.1, 0.15) is 0 Å². The molecule has 0 amide bonds. The highest BCUT2D eigenvalue weighted by Gasteiger charge is 2.11. The molecule has 0 aliphatic carbocycles. The van der Waals surface area contributed by atoms with Crippen LogP contribution >= 0.6 is 11.8 Å². The van der Waals surface area contributed by atoms with Crippen molar-refractivity contribution in [3.8, 4) is 0 Å². The Morgan fingerprint density at radius 3 is 2.83 bits per heavy atom. The molecule has 0 spiro atoms. The quantitative estimate of drug-likeness (QED) is 0.831. The van der Waals surface area contributed by atoms with Gasteiger partial charge in [0, 0.05) is 16.5 Å². The largest absolute Gasteiger partial charge is 0.392 e. The Bertz CT molecular complexity index is 539. The highest BCUT2D eigenvalue weighted by atomic mass is 32.2. The van der Waals surface area contributed by atoms with Gasteiger partial charge in [0.25, 0.3) is 0 Å². The Morgan fingerprint density at radius 2 is 2.17 bits per heavy atom. The highest BCUT2D eigenvalue weighted by Crippen LogP contribution is 2.30. The van der Waals surface area contributed by atoms with Crippen LogP contribution in [0.3, 0.4) is 0 Å². The Kier molecular flexibility index (Phi) is 4.61. The monoisotopic (exact) mass is 261 g/mol. The van der Waals surface area contributed by atoms with Gasteiger partial charge in [-0.1, -0.05) is 19.4 Å². The van der Waals surface area contributed by atoms with Gasteiger partial charge < -0.3 is 5.11 Å². The summed E-state index contributed by atoms with van der Waals surface area (Å²) in [4.78, 5) is 5.72. The molecule has 96 valence electrons. The van der Waals surface area contributed by atoms with E-state index in [-0.39, 0.29) is 6.61 Å². The maximum atomic E-state index is 9.70. The van der Waals surface area contributed by atoms with Gasteiger partial charge in [0.2, 0.25) is 0 Å². The number of pyridine rings is 1. The second-order valence-electron chi connectivity index (χ2n) is 4.38. The molecule has 1 aromatic carbocycles. The Morgan fingerprint density at radius 1 is 1.33 bits per heavy atom. The molecule has 2 aromatic rings. The fourth-order valence-electron chi connectivity index (χ4n) is 2.25. The summed E-state index contributed by atoms with van der Waals surface area (Å²) in [5.41, 5.74) is 3.22. The third-order valence-electron chi connectivity index (χ3n) is 3.23. The van der Waals surface area contributed by atoms with E-state index in [9.17, 15) is 5.11 Å². The first-order chi connectivity index (χ1) is 8.81. The van der Waals surface area contributed by atoms with Crippen molar-refractivity contribution in [3.63, 3.8) is 0 Å². The van der Waals surface area contributed by atoms with Crippen LogP contribution in [-0.2, 0) is 13.0 Å². The summed E-state index contributed by atoms with van der Waals surface area (Å²) in [6.07, 6.45) is 7.29. The molecule has 0 saturated carbocycles. The number of benzene rings is 1. The van der Waals surface area contributed by atoms with E-state index in [1.165, 1.54) is 10.5 Å². The predicted molar refractivity (Wildman–Crippen MR) is 78.1 cm³/mol. The third-order valence-corrected chi connectivity index (χ3v) is 4.01. The Balaban J connectivity index is 2.61. The number of rotatable bonds is 5. The van der Waals surface area contributed by atoms with Gasteiger partial charge in [0.15, 0.2) is 0 Å². The standard InChI is InChI=1S/C15H19NOS/c1-3-4-6-11-9-16-13-7-5-8-14(18-2)15(13)12(11)10-17/h5,7-9,17H,3-4,6,10H2,1-2H3. The molecular formula is C15H19NOS. The third kappa shape index (κ3) is 2.52. The smallest absolute Gasteiger partial charge is 0.0717 e. The zero-order chi connectivity index (χ0) is 13.0. The molecule has 3 heteroatoms. The molecular weight excluding hydrogens is 242 g/mol. The summed E-state index contributed by atoms with van der Waals surface area (Å²) in [5, 5.41) is 10.8. The second-order valence-corrected chi connectivity index (χ2v) is 5.23. The minimum atomic E-state index is 0.0929. The Hall–Kier alpha value is -1.06. The SMILES string of the molecule is CCCCc1cnc2cccc(SC)c2c1CO. The number of aliphatic hydroxyl groups is 1. The van der Waals surface area contributed by atoms with Crippen molar-refractivity contribution in [3.05, 3.63) is 35.5 Å². The maximum Gasteiger partial charge on any atom is 0.0717 e. The van der Waals surface area contributed by atoms with Gasteiger partial charge in [-0.05, 0) is 42.4 Å². The van der Waals surface area contributed by atoms with Crippen LogP contribution in [0.2, 0.25) is 0 Å². The first kappa shape index (κ1) is 13.4. The van der Waals surface area contributed by atoms with E-state index in [0.717, 1.165) is 35.7 Å². The van der Waals surface area contributed by atoms with Crippen molar-refractivity contribution in [2.75, 3.05) is 6.26 Å². The van der Waals surface area contributed by atoms with Crippen molar-refractivity contribution in [1.29, 1.82) is 0 Å². The number of nitrogens with zero attached hydrogens (tertiary/aromatic N) is 1. The summed E-state index contributed by atoms with van der Waals surface area (Å²) in [7, 11) is 0. The molecule has 0 fully saturated rings. The lowest BCUT2D eigenvalue weighted by atomic mass is 10.0. The van der Waals surface area contributed by atoms with Crippen LogP contribution in [0.4, 0.5) is 0 Å². The van der Waals surface area contributed by atoms with E-state index in [2.05, 4.69) is 24.2 Å². The summed E-state index contributed by atoms with van der Waals surface area (Å²) in [6, 6.07) is 6.13. The van der Waals surface area contributed by atoms with E-state index in [1.54, 1.807) is 11.8 Å². The molecule has 2 nitrogen and oxygen atoms in total. The van der Waals surface area contributed by atoms with E-state index in [4.69, 9.17) is 0 Å². The van der Waals surface area contributed by atoms with Crippen LogP contribution in [-0.4, -0.2) is 16.3 Å². The summed E-state index contributed by atoms with van der Waals surface area (Å²) < 4.78 is 0. The lowest BCUT2D eigenvalue weighted by molar-refractivity contribution is 0.282. The molecule has 0 radical (unpaired) electrons. The predicted octanol–water partition coefficient (Wildman–Crippen LogP) is 3.79. The van der Waals surface area contributed by atoms with Crippen LogP contribution < -0.4 is 0 Å². The topological polar surface area (TPSA) is 33.1 Å². The molecule has 0 atom stereocenters. The molecule has 0 bridgehead atoms. The molecule has 18 heavy (non-hydrogen) atoms. The summed E-state index contributed by atoms with van der Waals surface area (Å²) in [6.45, 7) is 2.27. The number of fused-ring (bicyclic) bond motifs is 1. The molecule has 0 aliphatic heterocycles. The maximum absolute atomic E-state index is 9.70. The number of thioether (sulfide) groups is 1. The van der Waals surface area contributed by atoms with Crippen LogP contribution in [0.1, 0.15) is 30.9 Å². The van der Waals surface area contributed by atoms with Crippen LogP contribution in [0, 0.1) is 0 Å². The number of hydrogen-bond acceptors (Lipinski definition) is 3. The number of aryl methyl sites for hydroxylation is 1. The molecule has 0 unspecified atom stereocenters. The minimum Gasteiger partial charge on any atom is -0.392 e. The summed E-state index contributed by atoms with van der Waals surface area (Å²) >= 11 is 1.71. The van der Waals surface area contributed by atoms with Gasteiger partial charge in [-0.2, -0.15) is 0 Å². The fourth-order valence-corrected chi connectivity index (χ4v) is 2.90. The van der Waals surface area contributed by atoms with Gasteiger partial charge in [0.05, 0.1) is 12.1 Å². The van der Waals surface area contributed by atoms with E-state index in [0.29, 0.717) is 0 Å². The number of aromatic nitrogens is 1. The lowest BCUT2D eigenvalue weighted by Crippen LogP contribution is -1.99. The lowest BCUT2D eigenvalue weighted by Gasteiger charge is -2.12. The van der Waals surface area contributed by atoms with Crippen LogP contribution in [0.5, 0.6) is 0 Å². The number of unbranched alkanes of at least 4 members (excludes halogenated alkanes) is 1. The van der Waals surface area contributed by atoms with Gasteiger partial charge in [-0.25, -0.2) is 0 Å². The Labute approximate surface area is 112 Å². The summed E-state index contributed by atoms with van der Waals surface area (Å²) in [5.74, 6) is 0. The van der Waals surface area contributed by atoms with E-state index in [1.807, 2.05) is 18.3 Å². The molecule has 1 heterocycles. The van der Waals surface area contributed by atoms with Crippen LogP contribution in [0.25, 0.3) is 10.9 Å². The van der Waals surface area contributed by atoms with Crippen molar-refractivity contribution in [1.82, 2.24) is 4.98 Å². The van der Waals surface area contributed by atoms with E-state index < -0.39 is 0 Å². The number of aliphatic hydroxyl groups excluding tert-OH is 1. The van der Waals surface area contributed by atoms with Crippen molar-refractivity contribution >= 4 is 22.7 Å². The van der Waals surface area contributed by atoms with E-state index >= 15 is 0 Å². The fraction of sp³-hybridized carbons (Fsp3) is 0.400. The zero-order valence-electron chi connectivity index (χ0n) is 10.9. The van der Waals surface area contributed by atoms with Gasteiger partial charge in [-0.15, -0.1) is 11.8 Å². The number of hydrogen-bond donors (Lipinski definition) is 1. The van der Waals surface area contributed by atoms with Gasteiger partial charge in [-0.3, -0.25) is 4.98 Å². The zero-order valence-corrected chi connectivity index (χ0v) is 11.8. The molecule has 1 aromatic heterocycles. The molecule has 2 rings (SSSR count). The first-order valence-electron chi connectivity index (χ1n) is 6.36. The van der Waals surface area contributed by atoms with Crippen molar-refractivity contribution < 1.29 is 5.11 Å².